The van der Waals surface area contributed by atoms with Gasteiger partial charge < -0.3 is 9.84 Å². The molecular weight excluding hydrogens is 128 g/mol. The van der Waals surface area contributed by atoms with Crippen LogP contribution in [0.1, 0.15) is 27.7 Å². The second kappa shape index (κ2) is 3.94. The summed E-state index contributed by atoms with van der Waals surface area (Å²) in [6.45, 7) is 8.76. The number of ether oxygens (including phenoxy) is 1. The maximum absolute atomic E-state index is 8.83. The lowest BCUT2D eigenvalue weighted by molar-refractivity contribution is -0.00240. The van der Waals surface area contributed by atoms with E-state index in [1.54, 1.807) is 0 Å². The molecule has 0 amide bonds. The smallest absolute Gasteiger partial charge is 0.0542 e. The summed E-state index contributed by atoms with van der Waals surface area (Å²) in [4.78, 5) is 0. The largest absolute Gasteiger partial charge is 0.396 e. The highest BCUT2D eigenvalue weighted by Gasteiger charge is 2.16. The van der Waals surface area contributed by atoms with Gasteiger partial charge in [0.25, 0.3) is 0 Å². The number of rotatable bonds is 4. The van der Waals surface area contributed by atoms with Gasteiger partial charge in [0, 0.05) is 5.41 Å². The Kier molecular flexibility index (Phi) is 3.91. The molecule has 0 rings (SSSR count). The summed E-state index contributed by atoms with van der Waals surface area (Å²) in [5.41, 5.74) is -0.0930. The van der Waals surface area contributed by atoms with Crippen molar-refractivity contribution in [3.63, 3.8) is 0 Å². The van der Waals surface area contributed by atoms with E-state index in [2.05, 4.69) is 0 Å². The van der Waals surface area contributed by atoms with Crippen molar-refractivity contribution >= 4 is 0 Å². The predicted molar refractivity (Wildman–Crippen MR) is 42.0 cm³/mol. The Morgan fingerprint density at radius 1 is 1.40 bits per heavy atom. The van der Waals surface area contributed by atoms with E-state index in [0.29, 0.717) is 6.61 Å². The molecule has 0 aromatic rings. The monoisotopic (exact) mass is 146 g/mol. The van der Waals surface area contributed by atoms with E-state index in [1.165, 1.54) is 0 Å². The third kappa shape index (κ3) is 4.77. The Morgan fingerprint density at radius 3 is 2.20 bits per heavy atom. The lowest BCUT2D eigenvalue weighted by atomic mass is 9.96. The zero-order valence-electron chi connectivity index (χ0n) is 7.35. The van der Waals surface area contributed by atoms with E-state index in [4.69, 9.17) is 9.84 Å². The van der Waals surface area contributed by atoms with Crippen LogP contribution in [0, 0.1) is 5.41 Å². The summed E-state index contributed by atoms with van der Waals surface area (Å²) in [6.07, 6.45) is 0.255. The molecule has 1 N–H and O–H groups in total. The molecule has 0 aliphatic rings. The van der Waals surface area contributed by atoms with Gasteiger partial charge in [-0.3, -0.25) is 0 Å². The van der Waals surface area contributed by atoms with Crippen LogP contribution in [0.25, 0.3) is 0 Å². The van der Waals surface area contributed by atoms with Crippen LogP contribution >= 0.6 is 0 Å². The maximum atomic E-state index is 8.83. The summed E-state index contributed by atoms with van der Waals surface area (Å²) in [5.74, 6) is 0. The summed E-state index contributed by atoms with van der Waals surface area (Å²) in [5, 5.41) is 8.83. The number of aliphatic hydroxyl groups excluding tert-OH is 1. The lowest BCUT2D eigenvalue weighted by Gasteiger charge is -2.22. The number of aliphatic hydroxyl groups is 1. The van der Waals surface area contributed by atoms with Crippen LogP contribution in [-0.4, -0.2) is 24.4 Å². The van der Waals surface area contributed by atoms with Gasteiger partial charge in [0.1, 0.15) is 0 Å². The molecule has 0 atom stereocenters. The first-order chi connectivity index (χ1) is 4.48. The highest BCUT2D eigenvalue weighted by molar-refractivity contribution is 4.65. The quantitative estimate of drug-likeness (QED) is 0.650. The summed E-state index contributed by atoms with van der Waals surface area (Å²) < 4.78 is 5.34. The van der Waals surface area contributed by atoms with Crippen molar-refractivity contribution in [3.8, 4) is 0 Å². The average Bonchev–Trinajstić information content (AvgIpc) is 1.85. The van der Waals surface area contributed by atoms with Crippen LogP contribution in [0.15, 0.2) is 0 Å². The van der Waals surface area contributed by atoms with E-state index in [9.17, 15) is 0 Å². The zero-order valence-corrected chi connectivity index (χ0v) is 7.35. The van der Waals surface area contributed by atoms with E-state index in [-0.39, 0.29) is 18.1 Å². The first kappa shape index (κ1) is 9.92. The van der Waals surface area contributed by atoms with Crippen LogP contribution < -0.4 is 0 Å². The minimum atomic E-state index is -0.0930. The first-order valence-electron chi connectivity index (χ1n) is 3.70. The Morgan fingerprint density at radius 2 is 1.90 bits per heavy atom. The van der Waals surface area contributed by atoms with Gasteiger partial charge >= 0.3 is 0 Å². The van der Waals surface area contributed by atoms with Crippen molar-refractivity contribution in [1.82, 2.24) is 0 Å². The SMILES string of the molecule is CC(C)OCC(C)(C)CO. The van der Waals surface area contributed by atoms with Gasteiger partial charge in [0.2, 0.25) is 0 Å². The third-order valence-electron chi connectivity index (χ3n) is 1.24. The number of hydrogen-bond acceptors (Lipinski definition) is 2. The standard InChI is InChI=1S/C8H18O2/c1-7(2)10-6-8(3,4)5-9/h7,9H,5-6H2,1-4H3. The van der Waals surface area contributed by atoms with Crippen LogP contribution in [0.4, 0.5) is 0 Å². The maximum Gasteiger partial charge on any atom is 0.0542 e. The van der Waals surface area contributed by atoms with Crippen LogP contribution in [0.3, 0.4) is 0 Å². The Bertz CT molecular complexity index is 87.3. The van der Waals surface area contributed by atoms with E-state index < -0.39 is 0 Å². The van der Waals surface area contributed by atoms with Crippen LogP contribution in [0.2, 0.25) is 0 Å². The van der Waals surface area contributed by atoms with Gasteiger partial charge in [-0.1, -0.05) is 13.8 Å². The number of hydrogen-bond donors (Lipinski definition) is 1. The molecule has 0 fully saturated rings. The third-order valence-corrected chi connectivity index (χ3v) is 1.24. The normalized spacial score (nSPS) is 12.6. The molecule has 2 nitrogen and oxygen atoms in total. The Hall–Kier alpha value is -0.0800. The molecular formula is C8H18O2. The van der Waals surface area contributed by atoms with Crippen LogP contribution in [0.5, 0.6) is 0 Å². The van der Waals surface area contributed by atoms with Gasteiger partial charge in [-0.15, -0.1) is 0 Å². The van der Waals surface area contributed by atoms with Gasteiger partial charge in [0.15, 0.2) is 0 Å². The molecule has 0 heterocycles. The fraction of sp³-hybridized carbons (Fsp3) is 1.00. The fourth-order valence-electron chi connectivity index (χ4n) is 0.438. The molecule has 0 bridgehead atoms. The molecule has 0 aromatic heterocycles. The van der Waals surface area contributed by atoms with Crippen molar-refractivity contribution in [1.29, 1.82) is 0 Å². The van der Waals surface area contributed by atoms with E-state index in [1.807, 2.05) is 27.7 Å². The molecule has 0 spiro atoms. The predicted octanol–water partition coefficient (Wildman–Crippen LogP) is 1.43. The molecule has 0 saturated heterocycles. The second-order valence-corrected chi connectivity index (χ2v) is 3.68. The van der Waals surface area contributed by atoms with Crippen molar-refractivity contribution < 1.29 is 9.84 Å². The van der Waals surface area contributed by atoms with Gasteiger partial charge in [0.05, 0.1) is 19.3 Å². The summed E-state index contributed by atoms with van der Waals surface area (Å²) in [6, 6.07) is 0. The van der Waals surface area contributed by atoms with E-state index >= 15 is 0 Å². The Balaban J connectivity index is 3.46. The highest BCUT2D eigenvalue weighted by Crippen LogP contribution is 2.14. The topological polar surface area (TPSA) is 29.5 Å². The van der Waals surface area contributed by atoms with Gasteiger partial charge in [-0.05, 0) is 13.8 Å². The molecule has 0 aliphatic carbocycles. The zero-order chi connectivity index (χ0) is 8.20. The Labute approximate surface area is 63.2 Å². The van der Waals surface area contributed by atoms with E-state index in [0.717, 1.165) is 0 Å². The summed E-state index contributed by atoms with van der Waals surface area (Å²) >= 11 is 0. The highest BCUT2D eigenvalue weighted by atomic mass is 16.5. The molecule has 0 unspecified atom stereocenters. The van der Waals surface area contributed by atoms with Gasteiger partial charge in [-0.2, -0.15) is 0 Å². The summed E-state index contributed by atoms with van der Waals surface area (Å²) in [7, 11) is 0. The van der Waals surface area contributed by atoms with Crippen molar-refractivity contribution in [2.24, 2.45) is 5.41 Å². The molecule has 10 heavy (non-hydrogen) atoms. The van der Waals surface area contributed by atoms with Crippen molar-refractivity contribution in [2.45, 2.75) is 33.8 Å². The van der Waals surface area contributed by atoms with Crippen molar-refractivity contribution in [2.75, 3.05) is 13.2 Å². The molecule has 62 valence electrons. The molecule has 2 heteroatoms. The van der Waals surface area contributed by atoms with Gasteiger partial charge in [-0.25, -0.2) is 0 Å². The molecule has 0 aliphatic heterocycles. The average molecular weight is 146 g/mol. The molecule has 0 radical (unpaired) electrons. The lowest BCUT2D eigenvalue weighted by Crippen LogP contribution is -2.25. The molecule has 0 aromatic carbocycles. The minimum Gasteiger partial charge on any atom is -0.396 e. The second-order valence-electron chi connectivity index (χ2n) is 3.68. The van der Waals surface area contributed by atoms with Crippen LogP contribution in [-0.2, 0) is 4.74 Å². The minimum absolute atomic E-state index is 0.0930. The first-order valence-corrected chi connectivity index (χ1v) is 3.70. The van der Waals surface area contributed by atoms with Crippen molar-refractivity contribution in [3.05, 3.63) is 0 Å². The molecule has 0 saturated carbocycles. The fourth-order valence-corrected chi connectivity index (χ4v) is 0.438.